The van der Waals surface area contributed by atoms with Crippen molar-refractivity contribution >= 4 is 11.0 Å². The van der Waals surface area contributed by atoms with Gasteiger partial charge in [0.15, 0.2) is 0 Å². The van der Waals surface area contributed by atoms with Gasteiger partial charge in [-0.05, 0) is 32.0 Å². The summed E-state index contributed by atoms with van der Waals surface area (Å²) in [5, 5.41) is 0. The molecule has 2 heterocycles. The van der Waals surface area contributed by atoms with Gasteiger partial charge in [-0.15, -0.1) is 0 Å². The van der Waals surface area contributed by atoms with Gasteiger partial charge in [-0.2, -0.15) is 4.98 Å². The molecule has 90 valence electrons. The van der Waals surface area contributed by atoms with E-state index in [1.165, 1.54) is 0 Å². The Hall–Kier alpha value is -2.43. The second-order valence-corrected chi connectivity index (χ2v) is 4.31. The summed E-state index contributed by atoms with van der Waals surface area (Å²) in [5.41, 5.74) is 3.91. The SMILES string of the molecule is Cc1cc(-c2ccc3nc(C)[nH]c3c2)nc(=O)[nH]1. The Morgan fingerprint density at radius 3 is 2.67 bits per heavy atom. The second-order valence-electron chi connectivity index (χ2n) is 4.31. The van der Waals surface area contributed by atoms with Gasteiger partial charge in [-0.1, -0.05) is 6.07 Å². The zero-order valence-corrected chi connectivity index (χ0v) is 10.1. The summed E-state index contributed by atoms with van der Waals surface area (Å²) in [6.07, 6.45) is 0. The van der Waals surface area contributed by atoms with Crippen molar-refractivity contribution in [3.05, 3.63) is 46.3 Å². The Labute approximate surface area is 103 Å². The molecule has 1 aromatic carbocycles. The molecule has 0 aliphatic carbocycles. The molecular weight excluding hydrogens is 228 g/mol. The number of hydrogen-bond acceptors (Lipinski definition) is 3. The zero-order chi connectivity index (χ0) is 12.7. The van der Waals surface area contributed by atoms with Gasteiger partial charge in [-0.3, -0.25) is 0 Å². The van der Waals surface area contributed by atoms with Crippen LogP contribution in [0.4, 0.5) is 0 Å². The second kappa shape index (κ2) is 3.80. The van der Waals surface area contributed by atoms with Crippen LogP contribution in [0.2, 0.25) is 0 Å². The first-order valence-corrected chi connectivity index (χ1v) is 5.66. The first kappa shape index (κ1) is 10.7. The van der Waals surface area contributed by atoms with Crippen molar-refractivity contribution in [3.8, 4) is 11.3 Å². The van der Waals surface area contributed by atoms with E-state index in [4.69, 9.17) is 0 Å². The van der Waals surface area contributed by atoms with Crippen molar-refractivity contribution in [3.63, 3.8) is 0 Å². The lowest BCUT2D eigenvalue weighted by molar-refractivity contribution is 1.03. The minimum atomic E-state index is -0.328. The van der Waals surface area contributed by atoms with Crippen molar-refractivity contribution < 1.29 is 0 Å². The molecule has 0 unspecified atom stereocenters. The molecule has 0 radical (unpaired) electrons. The highest BCUT2D eigenvalue weighted by Crippen LogP contribution is 2.21. The van der Waals surface area contributed by atoms with Crippen LogP contribution in [0.3, 0.4) is 0 Å². The van der Waals surface area contributed by atoms with Gasteiger partial charge in [0.1, 0.15) is 5.82 Å². The summed E-state index contributed by atoms with van der Waals surface area (Å²) in [7, 11) is 0. The lowest BCUT2D eigenvalue weighted by Gasteiger charge is -2.01. The molecule has 18 heavy (non-hydrogen) atoms. The van der Waals surface area contributed by atoms with Gasteiger partial charge >= 0.3 is 5.69 Å². The van der Waals surface area contributed by atoms with E-state index >= 15 is 0 Å². The van der Waals surface area contributed by atoms with E-state index in [0.717, 1.165) is 28.1 Å². The maximum Gasteiger partial charge on any atom is 0.345 e. The third-order valence-electron chi connectivity index (χ3n) is 2.78. The van der Waals surface area contributed by atoms with E-state index in [2.05, 4.69) is 19.9 Å². The number of aryl methyl sites for hydroxylation is 2. The van der Waals surface area contributed by atoms with Gasteiger partial charge < -0.3 is 9.97 Å². The van der Waals surface area contributed by atoms with Gasteiger partial charge in [0.25, 0.3) is 0 Å². The molecule has 0 saturated carbocycles. The molecule has 2 N–H and O–H groups in total. The number of aromatic amines is 2. The summed E-state index contributed by atoms with van der Waals surface area (Å²) >= 11 is 0. The number of imidazole rings is 1. The zero-order valence-electron chi connectivity index (χ0n) is 10.1. The van der Waals surface area contributed by atoms with E-state index < -0.39 is 0 Å². The van der Waals surface area contributed by atoms with Gasteiger partial charge in [0, 0.05) is 11.3 Å². The maximum absolute atomic E-state index is 11.4. The van der Waals surface area contributed by atoms with E-state index in [-0.39, 0.29) is 5.69 Å². The van der Waals surface area contributed by atoms with Crippen LogP contribution in [0.1, 0.15) is 11.5 Å². The largest absolute Gasteiger partial charge is 0.345 e. The molecule has 0 aliphatic heterocycles. The number of rotatable bonds is 1. The highest BCUT2D eigenvalue weighted by molar-refractivity contribution is 5.81. The highest BCUT2D eigenvalue weighted by Gasteiger charge is 2.05. The number of benzene rings is 1. The molecule has 0 amide bonds. The average molecular weight is 240 g/mol. The molecular formula is C13H12N4O. The average Bonchev–Trinajstić information content (AvgIpc) is 2.66. The van der Waals surface area contributed by atoms with Crippen molar-refractivity contribution in [1.82, 2.24) is 19.9 Å². The van der Waals surface area contributed by atoms with Crippen LogP contribution in [-0.2, 0) is 0 Å². The summed E-state index contributed by atoms with van der Waals surface area (Å²) in [5.74, 6) is 0.872. The Bertz CT molecular complexity index is 785. The van der Waals surface area contributed by atoms with E-state index in [0.29, 0.717) is 5.69 Å². The first-order valence-electron chi connectivity index (χ1n) is 5.66. The summed E-state index contributed by atoms with van der Waals surface area (Å²) in [6, 6.07) is 7.65. The van der Waals surface area contributed by atoms with Crippen LogP contribution < -0.4 is 5.69 Å². The number of nitrogens with one attached hydrogen (secondary N) is 2. The molecule has 0 aliphatic rings. The van der Waals surface area contributed by atoms with Gasteiger partial charge in [-0.25, -0.2) is 9.78 Å². The standard InChI is InChI=1S/C13H12N4O/c1-7-5-11(17-13(18)14-7)9-3-4-10-12(6-9)16-8(2)15-10/h3-6H,1-2H3,(H,15,16)(H,14,17,18). The van der Waals surface area contributed by atoms with E-state index in [9.17, 15) is 4.79 Å². The molecule has 0 bridgehead atoms. The smallest absolute Gasteiger partial charge is 0.342 e. The molecule has 5 nitrogen and oxygen atoms in total. The fourth-order valence-corrected chi connectivity index (χ4v) is 2.02. The number of fused-ring (bicyclic) bond motifs is 1. The van der Waals surface area contributed by atoms with Crippen molar-refractivity contribution in [2.75, 3.05) is 0 Å². The third kappa shape index (κ3) is 1.79. The Morgan fingerprint density at radius 2 is 1.89 bits per heavy atom. The third-order valence-corrected chi connectivity index (χ3v) is 2.78. The Balaban J connectivity index is 2.21. The number of aromatic nitrogens is 4. The monoisotopic (exact) mass is 240 g/mol. The summed E-state index contributed by atoms with van der Waals surface area (Å²) < 4.78 is 0. The summed E-state index contributed by atoms with van der Waals surface area (Å²) in [4.78, 5) is 25.5. The molecule has 3 aromatic rings. The minimum absolute atomic E-state index is 0.328. The molecule has 0 spiro atoms. The number of hydrogen-bond donors (Lipinski definition) is 2. The number of H-pyrrole nitrogens is 2. The highest BCUT2D eigenvalue weighted by atomic mass is 16.1. The lowest BCUT2D eigenvalue weighted by atomic mass is 10.1. The predicted octanol–water partition coefficient (Wildman–Crippen LogP) is 1.93. The van der Waals surface area contributed by atoms with Crippen LogP contribution in [0.25, 0.3) is 22.3 Å². The van der Waals surface area contributed by atoms with Crippen molar-refractivity contribution in [1.29, 1.82) is 0 Å². The molecule has 0 fully saturated rings. The van der Waals surface area contributed by atoms with Crippen LogP contribution in [-0.4, -0.2) is 19.9 Å². The lowest BCUT2D eigenvalue weighted by Crippen LogP contribution is -2.11. The van der Waals surface area contributed by atoms with E-state index in [1.807, 2.05) is 38.1 Å². The molecule has 0 atom stereocenters. The topological polar surface area (TPSA) is 74.4 Å². The van der Waals surface area contributed by atoms with Crippen LogP contribution in [0.5, 0.6) is 0 Å². The van der Waals surface area contributed by atoms with Crippen LogP contribution >= 0.6 is 0 Å². The summed E-state index contributed by atoms with van der Waals surface area (Å²) in [6.45, 7) is 3.75. The first-order chi connectivity index (χ1) is 8.61. The quantitative estimate of drug-likeness (QED) is 0.682. The molecule has 5 heteroatoms. The van der Waals surface area contributed by atoms with Crippen molar-refractivity contribution in [2.45, 2.75) is 13.8 Å². The Kier molecular flexibility index (Phi) is 2.26. The fourth-order valence-electron chi connectivity index (χ4n) is 2.02. The normalized spacial score (nSPS) is 11.0. The Morgan fingerprint density at radius 1 is 1.06 bits per heavy atom. The van der Waals surface area contributed by atoms with Crippen molar-refractivity contribution in [2.24, 2.45) is 0 Å². The van der Waals surface area contributed by atoms with Gasteiger partial charge in [0.2, 0.25) is 0 Å². The molecule has 2 aromatic heterocycles. The van der Waals surface area contributed by atoms with Gasteiger partial charge in [0.05, 0.1) is 16.7 Å². The van der Waals surface area contributed by atoms with E-state index in [1.54, 1.807) is 0 Å². The predicted molar refractivity (Wildman–Crippen MR) is 69.4 cm³/mol. The maximum atomic E-state index is 11.4. The fraction of sp³-hybridized carbons (Fsp3) is 0.154. The van der Waals surface area contributed by atoms with Crippen LogP contribution in [0.15, 0.2) is 29.1 Å². The molecule has 0 saturated heterocycles. The minimum Gasteiger partial charge on any atom is -0.342 e. The van der Waals surface area contributed by atoms with Crippen LogP contribution in [0, 0.1) is 13.8 Å². The molecule has 3 rings (SSSR count). The number of nitrogens with zero attached hydrogens (tertiary/aromatic N) is 2.